The number of carbonyl (C=O) groups is 2. The number of nitrogens with zero attached hydrogens (tertiary/aromatic N) is 2. The van der Waals surface area contributed by atoms with E-state index >= 15 is 0 Å². The molecule has 10 heteroatoms. The van der Waals surface area contributed by atoms with Gasteiger partial charge in [0.2, 0.25) is 21.8 Å². The van der Waals surface area contributed by atoms with E-state index in [4.69, 9.17) is 11.6 Å². The third kappa shape index (κ3) is 9.14. The predicted octanol–water partition coefficient (Wildman–Crippen LogP) is 4.21. The standard InChI is InChI=1S/C25H33ClFN3O4S/c1-18(2)16-28-25(32)19(3)29(17-20-7-9-21(26)10-8-20)24(31)6-5-15-30(35(4,33)34)23-13-11-22(27)12-14-23/h7-14,18-19H,5-6,15-17H2,1-4H3,(H,28,32). The monoisotopic (exact) mass is 525 g/mol. The highest BCUT2D eigenvalue weighted by atomic mass is 35.5. The Bertz CT molecular complexity index is 1090. The Balaban J connectivity index is 2.14. The van der Waals surface area contributed by atoms with E-state index in [1.807, 2.05) is 13.8 Å². The van der Waals surface area contributed by atoms with Gasteiger partial charge in [-0.3, -0.25) is 13.9 Å². The summed E-state index contributed by atoms with van der Waals surface area (Å²) in [5.74, 6) is -0.746. The SMILES string of the molecule is CC(C)CNC(=O)C(C)N(Cc1ccc(Cl)cc1)C(=O)CCCN(c1ccc(F)cc1)S(C)(=O)=O. The van der Waals surface area contributed by atoms with E-state index in [1.165, 1.54) is 29.2 Å². The van der Waals surface area contributed by atoms with Crippen LogP contribution in [0.2, 0.25) is 5.02 Å². The first-order chi connectivity index (χ1) is 16.4. The summed E-state index contributed by atoms with van der Waals surface area (Å²) in [6.45, 7) is 6.38. The molecule has 1 unspecified atom stereocenters. The topological polar surface area (TPSA) is 86.8 Å². The van der Waals surface area contributed by atoms with Crippen molar-refractivity contribution in [3.8, 4) is 0 Å². The van der Waals surface area contributed by atoms with Crippen molar-refractivity contribution in [2.75, 3.05) is 23.7 Å². The minimum Gasteiger partial charge on any atom is -0.354 e. The number of rotatable bonds is 12. The average Bonchev–Trinajstić information content (AvgIpc) is 2.79. The molecule has 2 amide bonds. The van der Waals surface area contributed by atoms with E-state index in [-0.39, 0.29) is 43.7 Å². The van der Waals surface area contributed by atoms with Gasteiger partial charge in [0, 0.05) is 31.1 Å². The minimum absolute atomic E-state index is 0.0304. The van der Waals surface area contributed by atoms with Crippen molar-refractivity contribution in [3.05, 3.63) is 64.9 Å². The predicted molar refractivity (Wildman–Crippen MR) is 137 cm³/mol. The summed E-state index contributed by atoms with van der Waals surface area (Å²) >= 11 is 5.97. The van der Waals surface area contributed by atoms with Crippen LogP contribution in [0.4, 0.5) is 10.1 Å². The van der Waals surface area contributed by atoms with Crippen LogP contribution < -0.4 is 9.62 Å². The maximum absolute atomic E-state index is 13.3. The average molecular weight is 526 g/mol. The summed E-state index contributed by atoms with van der Waals surface area (Å²) in [6.07, 6.45) is 1.31. The lowest BCUT2D eigenvalue weighted by Crippen LogP contribution is -2.48. The highest BCUT2D eigenvalue weighted by Crippen LogP contribution is 2.20. The first-order valence-electron chi connectivity index (χ1n) is 11.4. The number of carbonyl (C=O) groups excluding carboxylic acids is 2. The molecule has 0 spiro atoms. The number of amides is 2. The second-order valence-corrected chi connectivity index (χ2v) is 11.2. The molecular weight excluding hydrogens is 493 g/mol. The van der Waals surface area contributed by atoms with Gasteiger partial charge in [0.15, 0.2) is 0 Å². The summed E-state index contributed by atoms with van der Waals surface area (Å²) < 4.78 is 39.0. The number of hydrogen-bond donors (Lipinski definition) is 1. The molecule has 0 heterocycles. The smallest absolute Gasteiger partial charge is 0.242 e. The first kappa shape index (κ1) is 28.6. The molecule has 35 heavy (non-hydrogen) atoms. The summed E-state index contributed by atoms with van der Waals surface area (Å²) in [5, 5.41) is 3.43. The van der Waals surface area contributed by atoms with Gasteiger partial charge in [0.05, 0.1) is 11.9 Å². The van der Waals surface area contributed by atoms with Crippen LogP contribution in [0, 0.1) is 11.7 Å². The lowest BCUT2D eigenvalue weighted by atomic mass is 10.1. The van der Waals surface area contributed by atoms with Crippen molar-refractivity contribution in [2.45, 2.75) is 46.2 Å². The van der Waals surface area contributed by atoms with Gasteiger partial charge in [0.1, 0.15) is 11.9 Å². The van der Waals surface area contributed by atoms with Crippen molar-refractivity contribution in [1.82, 2.24) is 10.2 Å². The van der Waals surface area contributed by atoms with Gasteiger partial charge in [-0.25, -0.2) is 12.8 Å². The summed E-state index contributed by atoms with van der Waals surface area (Å²) in [5.41, 5.74) is 1.14. The highest BCUT2D eigenvalue weighted by Gasteiger charge is 2.26. The molecule has 0 saturated carbocycles. The molecule has 0 fully saturated rings. The third-order valence-corrected chi connectivity index (χ3v) is 6.83. The maximum atomic E-state index is 13.3. The van der Waals surface area contributed by atoms with Crippen LogP contribution in [-0.4, -0.2) is 50.5 Å². The van der Waals surface area contributed by atoms with Gasteiger partial charge >= 0.3 is 0 Å². The van der Waals surface area contributed by atoms with Crippen molar-refractivity contribution >= 4 is 39.1 Å². The van der Waals surface area contributed by atoms with E-state index in [0.29, 0.717) is 17.3 Å². The van der Waals surface area contributed by atoms with Crippen LogP contribution >= 0.6 is 11.6 Å². The quantitative estimate of drug-likeness (QED) is 0.449. The fourth-order valence-electron chi connectivity index (χ4n) is 3.43. The Morgan fingerprint density at radius 2 is 1.63 bits per heavy atom. The van der Waals surface area contributed by atoms with Gasteiger partial charge in [-0.05, 0) is 61.2 Å². The summed E-state index contributed by atoms with van der Waals surface area (Å²) in [7, 11) is -3.64. The largest absolute Gasteiger partial charge is 0.354 e. The zero-order valence-corrected chi connectivity index (χ0v) is 22.1. The van der Waals surface area contributed by atoms with Crippen molar-refractivity contribution in [3.63, 3.8) is 0 Å². The molecule has 7 nitrogen and oxygen atoms in total. The number of sulfonamides is 1. The molecule has 0 aromatic heterocycles. The third-order valence-electron chi connectivity index (χ3n) is 5.38. The molecule has 0 aliphatic carbocycles. The van der Waals surface area contributed by atoms with Gasteiger partial charge < -0.3 is 10.2 Å². The van der Waals surface area contributed by atoms with Crippen molar-refractivity contribution in [2.24, 2.45) is 5.92 Å². The van der Waals surface area contributed by atoms with Crippen LogP contribution in [-0.2, 0) is 26.2 Å². The summed E-state index contributed by atoms with van der Waals surface area (Å²) in [6, 6.07) is 11.4. The number of hydrogen-bond acceptors (Lipinski definition) is 4. The maximum Gasteiger partial charge on any atom is 0.242 e. The molecule has 2 aromatic carbocycles. The van der Waals surface area contributed by atoms with E-state index in [0.717, 1.165) is 16.1 Å². The van der Waals surface area contributed by atoms with Crippen molar-refractivity contribution in [1.29, 1.82) is 0 Å². The molecule has 0 aliphatic rings. The molecule has 0 saturated heterocycles. The minimum atomic E-state index is -3.64. The van der Waals surface area contributed by atoms with Gasteiger partial charge in [0.25, 0.3) is 0 Å². The van der Waals surface area contributed by atoms with Crippen LogP contribution in [0.3, 0.4) is 0 Å². The highest BCUT2D eigenvalue weighted by molar-refractivity contribution is 7.92. The fourth-order valence-corrected chi connectivity index (χ4v) is 4.52. The second kappa shape index (κ2) is 12.9. The fraction of sp³-hybridized carbons (Fsp3) is 0.440. The Morgan fingerprint density at radius 1 is 1.03 bits per heavy atom. The number of halogens is 2. The molecule has 2 rings (SSSR count). The van der Waals surface area contributed by atoms with E-state index < -0.39 is 21.9 Å². The second-order valence-electron chi connectivity index (χ2n) is 8.88. The van der Waals surface area contributed by atoms with Crippen LogP contribution in [0.15, 0.2) is 48.5 Å². The molecule has 1 atom stereocenters. The molecule has 0 bridgehead atoms. The Kier molecular flexibility index (Phi) is 10.5. The lowest BCUT2D eigenvalue weighted by Gasteiger charge is -2.29. The van der Waals surface area contributed by atoms with Crippen LogP contribution in [0.5, 0.6) is 0 Å². The number of benzene rings is 2. The Morgan fingerprint density at radius 3 is 2.17 bits per heavy atom. The van der Waals surface area contributed by atoms with Crippen LogP contribution in [0.1, 0.15) is 39.2 Å². The van der Waals surface area contributed by atoms with E-state index in [1.54, 1.807) is 31.2 Å². The Hall–Kier alpha value is -2.65. The Labute approximate surface area is 212 Å². The molecule has 0 aliphatic heterocycles. The molecule has 0 radical (unpaired) electrons. The lowest BCUT2D eigenvalue weighted by molar-refractivity contribution is -0.140. The van der Waals surface area contributed by atoms with Gasteiger partial charge in [-0.15, -0.1) is 0 Å². The van der Waals surface area contributed by atoms with E-state index in [2.05, 4.69) is 5.32 Å². The van der Waals surface area contributed by atoms with Crippen LogP contribution in [0.25, 0.3) is 0 Å². The molecule has 1 N–H and O–H groups in total. The zero-order chi connectivity index (χ0) is 26.2. The summed E-state index contributed by atoms with van der Waals surface area (Å²) in [4.78, 5) is 27.4. The number of anilines is 1. The molecule has 2 aromatic rings. The molecule has 192 valence electrons. The van der Waals surface area contributed by atoms with Gasteiger partial charge in [-0.1, -0.05) is 37.6 Å². The molecular formula is C25H33ClFN3O4S. The van der Waals surface area contributed by atoms with Gasteiger partial charge in [-0.2, -0.15) is 0 Å². The first-order valence-corrected chi connectivity index (χ1v) is 13.7. The van der Waals surface area contributed by atoms with E-state index in [9.17, 15) is 22.4 Å². The zero-order valence-electron chi connectivity index (χ0n) is 20.5. The number of nitrogens with one attached hydrogen (secondary N) is 1. The normalized spacial score (nSPS) is 12.3. The van der Waals surface area contributed by atoms with Crippen molar-refractivity contribution < 1.29 is 22.4 Å².